The zero-order valence-electron chi connectivity index (χ0n) is 13.2. The molecule has 0 bridgehead atoms. The summed E-state index contributed by atoms with van der Waals surface area (Å²) in [6, 6.07) is 14.6. The SMILES string of the molecule is CCOC(=O)[C@H](O)c1cccc(OC)c1OCc1ccccc1. The van der Waals surface area contributed by atoms with Gasteiger partial charge in [0.25, 0.3) is 0 Å². The Morgan fingerprint density at radius 1 is 1.13 bits per heavy atom. The molecule has 0 aromatic heterocycles. The van der Waals surface area contributed by atoms with E-state index in [4.69, 9.17) is 14.2 Å². The molecule has 122 valence electrons. The minimum absolute atomic E-state index is 0.195. The zero-order valence-corrected chi connectivity index (χ0v) is 13.2. The number of methoxy groups -OCH3 is 1. The number of carbonyl (C=O) groups is 1. The van der Waals surface area contributed by atoms with E-state index in [1.807, 2.05) is 30.3 Å². The number of rotatable bonds is 7. The van der Waals surface area contributed by atoms with Crippen molar-refractivity contribution < 1.29 is 24.1 Å². The second-order valence-electron chi connectivity index (χ2n) is 4.81. The van der Waals surface area contributed by atoms with Gasteiger partial charge in [0.05, 0.1) is 13.7 Å². The first-order chi connectivity index (χ1) is 11.2. The van der Waals surface area contributed by atoms with Crippen LogP contribution in [0, 0.1) is 0 Å². The van der Waals surface area contributed by atoms with Gasteiger partial charge in [0, 0.05) is 5.56 Å². The summed E-state index contributed by atoms with van der Waals surface area (Å²) in [5, 5.41) is 10.2. The number of hydrogen-bond donors (Lipinski definition) is 1. The van der Waals surface area contributed by atoms with Gasteiger partial charge in [-0.15, -0.1) is 0 Å². The number of esters is 1. The third-order valence-electron chi connectivity index (χ3n) is 3.26. The van der Waals surface area contributed by atoms with Crippen LogP contribution in [0.5, 0.6) is 11.5 Å². The van der Waals surface area contributed by atoms with Crippen molar-refractivity contribution in [1.29, 1.82) is 0 Å². The molecule has 0 aliphatic carbocycles. The third kappa shape index (κ3) is 4.23. The van der Waals surface area contributed by atoms with E-state index in [9.17, 15) is 9.90 Å². The molecule has 0 fully saturated rings. The van der Waals surface area contributed by atoms with Crippen molar-refractivity contribution in [2.45, 2.75) is 19.6 Å². The summed E-state index contributed by atoms with van der Waals surface area (Å²) in [7, 11) is 1.51. The van der Waals surface area contributed by atoms with Crippen LogP contribution in [0.3, 0.4) is 0 Å². The maximum Gasteiger partial charge on any atom is 0.339 e. The maximum atomic E-state index is 11.8. The predicted octanol–water partition coefficient (Wildman–Crippen LogP) is 2.87. The first kappa shape index (κ1) is 16.8. The van der Waals surface area contributed by atoms with E-state index in [2.05, 4.69) is 0 Å². The van der Waals surface area contributed by atoms with Crippen LogP contribution in [-0.2, 0) is 16.1 Å². The van der Waals surface area contributed by atoms with E-state index >= 15 is 0 Å². The Labute approximate surface area is 135 Å². The minimum atomic E-state index is -1.42. The molecule has 0 spiro atoms. The van der Waals surface area contributed by atoms with E-state index in [0.717, 1.165) is 5.56 Å². The third-order valence-corrected chi connectivity index (χ3v) is 3.26. The Bertz CT molecular complexity index is 639. The Hall–Kier alpha value is -2.53. The summed E-state index contributed by atoms with van der Waals surface area (Å²) in [5.74, 6) is 0.0616. The van der Waals surface area contributed by atoms with Crippen LogP contribution in [0.1, 0.15) is 24.2 Å². The van der Waals surface area contributed by atoms with E-state index in [1.54, 1.807) is 25.1 Å². The molecule has 0 saturated heterocycles. The summed E-state index contributed by atoms with van der Waals surface area (Å²) in [6.45, 7) is 2.17. The molecule has 5 heteroatoms. The summed E-state index contributed by atoms with van der Waals surface area (Å²) in [5.41, 5.74) is 1.29. The van der Waals surface area contributed by atoms with Crippen LogP contribution >= 0.6 is 0 Å². The molecule has 0 unspecified atom stereocenters. The molecule has 0 aliphatic rings. The van der Waals surface area contributed by atoms with Crippen LogP contribution in [0.4, 0.5) is 0 Å². The first-order valence-electron chi connectivity index (χ1n) is 7.35. The van der Waals surface area contributed by atoms with Gasteiger partial charge < -0.3 is 19.3 Å². The number of benzene rings is 2. The fourth-order valence-corrected chi connectivity index (χ4v) is 2.14. The molecule has 0 amide bonds. The monoisotopic (exact) mass is 316 g/mol. The highest BCUT2D eigenvalue weighted by atomic mass is 16.5. The Balaban J connectivity index is 2.26. The zero-order chi connectivity index (χ0) is 16.7. The van der Waals surface area contributed by atoms with Crippen molar-refractivity contribution in [2.24, 2.45) is 0 Å². The lowest BCUT2D eigenvalue weighted by molar-refractivity contribution is -0.153. The largest absolute Gasteiger partial charge is 0.493 e. The Morgan fingerprint density at radius 2 is 1.87 bits per heavy atom. The highest BCUT2D eigenvalue weighted by Crippen LogP contribution is 2.36. The Kier molecular flexibility index (Phi) is 6.00. The molecule has 23 heavy (non-hydrogen) atoms. The second kappa shape index (κ2) is 8.19. The lowest BCUT2D eigenvalue weighted by atomic mass is 10.1. The van der Waals surface area contributed by atoms with E-state index in [-0.39, 0.29) is 6.61 Å². The number of para-hydroxylation sites is 1. The molecule has 1 N–H and O–H groups in total. The van der Waals surface area contributed by atoms with E-state index in [1.165, 1.54) is 7.11 Å². The van der Waals surface area contributed by atoms with Crippen LogP contribution in [0.2, 0.25) is 0 Å². The van der Waals surface area contributed by atoms with Gasteiger partial charge in [-0.1, -0.05) is 42.5 Å². The van der Waals surface area contributed by atoms with Crippen molar-refractivity contribution >= 4 is 5.97 Å². The molecule has 0 heterocycles. The maximum absolute atomic E-state index is 11.8. The average molecular weight is 316 g/mol. The fraction of sp³-hybridized carbons (Fsp3) is 0.278. The molecule has 0 aliphatic heterocycles. The first-order valence-corrected chi connectivity index (χ1v) is 7.35. The van der Waals surface area contributed by atoms with Crippen molar-refractivity contribution in [3.63, 3.8) is 0 Å². The van der Waals surface area contributed by atoms with Gasteiger partial charge in [0.1, 0.15) is 6.61 Å². The number of hydrogen-bond acceptors (Lipinski definition) is 5. The average Bonchev–Trinajstić information content (AvgIpc) is 2.60. The predicted molar refractivity (Wildman–Crippen MR) is 85.4 cm³/mol. The van der Waals surface area contributed by atoms with Crippen molar-refractivity contribution in [3.05, 3.63) is 59.7 Å². The molecule has 2 aromatic rings. The minimum Gasteiger partial charge on any atom is -0.493 e. The highest BCUT2D eigenvalue weighted by Gasteiger charge is 2.24. The lowest BCUT2D eigenvalue weighted by Gasteiger charge is -2.18. The fourth-order valence-electron chi connectivity index (χ4n) is 2.14. The number of aliphatic hydroxyl groups excluding tert-OH is 1. The van der Waals surface area contributed by atoms with Crippen LogP contribution < -0.4 is 9.47 Å². The van der Waals surface area contributed by atoms with Crippen molar-refractivity contribution in [1.82, 2.24) is 0 Å². The van der Waals surface area contributed by atoms with Crippen LogP contribution in [-0.4, -0.2) is 24.8 Å². The molecule has 2 rings (SSSR count). The van der Waals surface area contributed by atoms with Crippen molar-refractivity contribution in [3.8, 4) is 11.5 Å². The van der Waals surface area contributed by atoms with Crippen LogP contribution in [0.15, 0.2) is 48.5 Å². The van der Waals surface area contributed by atoms with Crippen LogP contribution in [0.25, 0.3) is 0 Å². The molecule has 0 radical (unpaired) electrons. The number of carbonyl (C=O) groups excluding carboxylic acids is 1. The van der Waals surface area contributed by atoms with E-state index < -0.39 is 12.1 Å². The van der Waals surface area contributed by atoms with Gasteiger partial charge in [-0.3, -0.25) is 0 Å². The highest BCUT2D eigenvalue weighted by molar-refractivity contribution is 5.77. The van der Waals surface area contributed by atoms with E-state index in [0.29, 0.717) is 23.7 Å². The van der Waals surface area contributed by atoms with Gasteiger partial charge in [-0.2, -0.15) is 0 Å². The lowest BCUT2D eigenvalue weighted by Crippen LogP contribution is -2.16. The molecular formula is C18H20O5. The molecule has 5 nitrogen and oxygen atoms in total. The number of aliphatic hydroxyl groups is 1. The summed E-state index contributed by atoms with van der Waals surface area (Å²) < 4.78 is 15.9. The molecule has 0 saturated carbocycles. The summed E-state index contributed by atoms with van der Waals surface area (Å²) in [4.78, 5) is 11.8. The van der Waals surface area contributed by atoms with Crippen molar-refractivity contribution in [2.75, 3.05) is 13.7 Å². The smallest absolute Gasteiger partial charge is 0.339 e. The normalized spacial score (nSPS) is 11.6. The number of ether oxygens (including phenoxy) is 3. The topological polar surface area (TPSA) is 65.0 Å². The van der Waals surface area contributed by atoms with Gasteiger partial charge >= 0.3 is 5.97 Å². The second-order valence-corrected chi connectivity index (χ2v) is 4.81. The molecule has 1 atom stereocenters. The quantitative estimate of drug-likeness (QED) is 0.796. The molecular weight excluding hydrogens is 296 g/mol. The van der Waals surface area contributed by atoms with Gasteiger partial charge in [0.15, 0.2) is 17.6 Å². The summed E-state index contributed by atoms with van der Waals surface area (Å²) in [6.07, 6.45) is -1.42. The Morgan fingerprint density at radius 3 is 2.52 bits per heavy atom. The standard InChI is InChI=1S/C18H20O5/c1-3-22-18(20)16(19)14-10-7-11-15(21-2)17(14)23-12-13-8-5-4-6-9-13/h4-11,16,19H,3,12H2,1-2H3/t16-/m1/s1. The van der Waals surface area contributed by atoms with Gasteiger partial charge in [-0.05, 0) is 18.6 Å². The van der Waals surface area contributed by atoms with Gasteiger partial charge in [0.2, 0.25) is 0 Å². The summed E-state index contributed by atoms with van der Waals surface area (Å²) >= 11 is 0. The molecule has 2 aromatic carbocycles. The van der Waals surface area contributed by atoms with Gasteiger partial charge in [-0.25, -0.2) is 4.79 Å².